The molecule has 1 fully saturated rings. The average molecular weight is 261 g/mol. The molecule has 0 aliphatic heterocycles. The minimum atomic E-state index is -0.296. The van der Waals surface area contributed by atoms with Crippen LogP contribution in [0.3, 0.4) is 0 Å². The van der Waals surface area contributed by atoms with Gasteiger partial charge in [0.25, 0.3) is 5.91 Å². The van der Waals surface area contributed by atoms with Crippen LogP contribution in [-0.2, 0) is 14.3 Å². The molecule has 1 amide bonds. The number of nitrogens with one attached hydrogen (secondary N) is 1. The summed E-state index contributed by atoms with van der Waals surface area (Å²) < 4.78 is 4.99. The molecule has 0 radical (unpaired) electrons. The Labute approximate surface area is 113 Å². The summed E-state index contributed by atoms with van der Waals surface area (Å²) in [6.07, 6.45) is 0.872. The molecule has 1 aliphatic rings. The van der Waals surface area contributed by atoms with Gasteiger partial charge in [-0.25, -0.2) is 0 Å². The van der Waals surface area contributed by atoms with Crippen molar-refractivity contribution in [2.45, 2.75) is 27.2 Å². The average Bonchev–Trinajstić information content (AvgIpc) is 3.08. The molecule has 4 nitrogen and oxygen atoms in total. The summed E-state index contributed by atoms with van der Waals surface area (Å²) in [6.45, 7) is 5.67. The summed E-state index contributed by atoms with van der Waals surface area (Å²) in [5.41, 5.74) is 2.83. The topological polar surface area (TPSA) is 55.4 Å². The van der Waals surface area contributed by atoms with Crippen molar-refractivity contribution >= 4 is 17.6 Å². The van der Waals surface area contributed by atoms with Crippen molar-refractivity contribution in [2.24, 2.45) is 11.8 Å². The van der Waals surface area contributed by atoms with Crippen molar-refractivity contribution in [3.8, 4) is 0 Å². The van der Waals surface area contributed by atoms with Crippen LogP contribution in [0, 0.1) is 25.7 Å². The Balaban J connectivity index is 1.84. The van der Waals surface area contributed by atoms with E-state index in [0.717, 1.165) is 23.2 Å². The van der Waals surface area contributed by atoms with E-state index in [0.29, 0.717) is 5.92 Å². The molecule has 2 atom stereocenters. The van der Waals surface area contributed by atoms with Gasteiger partial charge in [-0.15, -0.1) is 0 Å². The number of carbonyl (C=O) groups excluding carboxylic acids is 2. The maximum absolute atomic E-state index is 11.7. The smallest absolute Gasteiger partial charge is 0.309 e. The lowest BCUT2D eigenvalue weighted by atomic mass is 10.1. The molecule has 1 N–H and O–H groups in total. The number of amides is 1. The number of rotatable bonds is 4. The molecule has 0 unspecified atom stereocenters. The van der Waals surface area contributed by atoms with Gasteiger partial charge in [-0.1, -0.05) is 19.1 Å². The quantitative estimate of drug-likeness (QED) is 0.847. The molecule has 19 heavy (non-hydrogen) atoms. The number of esters is 1. The van der Waals surface area contributed by atoms with Gasteiger partial charge in [0.1, 0.15) is 0 Å². The predicted octanol–water partition coefficient (Wildman–Crippen LogP) is 2.44. The second-order valence-corrected chi connectivity index (χ2v) is 5.29. The largest absolute Gasteiger partial charge is 0.455 e. The van der Waals surface area contributed by atoms with Crippen LogP contribution in [0.2, 0.25) is 0 Å². The number of aryl methyl sites for hydroxylation is 2. The number of hydrogen-bond acceptors (Lipinski definition) is 3. The standard InChI is InChI=1S/C15H19NO3/c1-9-4-5-10(2)13(6-9)16-14(17)8-19-15(18)12-7-11(12)3/h4-6,11-12H,7-8H2,1-3H3,(H,16,17)/t11-,12+/m1/s1. The van der Waals surface area contributed by atoms with E-state index >= 15 is 0 Å². The third kappa shape index (κ3) is 3.56. The first-order valence-electron chi connectivity index (χ1n) is 6.51. The van der Waals surface area contributed by atoms with E-state index in [2.05, 4.69) is 5.32 Å². The molecule has 0 saturated heterocycles. The molecule has 0 heterocycles. The summed E-state index contributed by atoms with van der Waals surface area (Å²) in [5.74, 6) is -0.165. The Kier molecular flexibility index (Phi) is 3.88. The first-order valence-corrected chi connectivity index (χ1v) is 6.51. The first kappa shape index (κ1) is 13.6. The normalized spacial score (nSPS) is 20.8. The molecule has 0 aromatic heterocycles. The minimum Gasteiger partial charge on any atom is -0.455 e. The number of benzene rings is 1. The molecule has 1 aliphatic carbocycles. The molecule has 1 aromatic rings. The van der Waals surface area contributed by atoms with Crippen LogP contribution in [0.4, 0.5) is 5.69 Å². The molecule has 102 valence electrons. The molecule has 0 spiro atoms. The molecular formula is C15H19NO3. The van der Waals surface area contributed by atoms with Crippen molar-refractivity contribution in [3.05, 3.63) is 29.3 Å². The summed E-state index contributed by atoms with van der Waals surface area (Å²) in [7, 11) is 0. The van der Waals surface area contributed by atoms with Gasteiger partial charge in [0.2, 0.25) is 0 Å². The summed E-state index contributed by atoms with van der Waals surface area (Å²) in [4.78, 5) is 23.2. The summed E-state index contributed by atoms with van der Waals surface area (Å²) in [6, 6.07) is 5.83. The van der Waals surface area contributed by atoms with Crippen molar-refractivity contribution in [3.63, 3.8) is 0 Å². The van der Waals surface area contributed by atoms with Gasteiger partial charge in [0.15, 0.2) is 6.61 Å². The van der Waals surface area contributed by atoms with Gasteiger partial charge in [-0.05, 0) is 43.4 Å². The van der Waals surface area contributed by atoms with Crippen LogP contribution in [0.1, 0.15) is 24.5 Å². The zero-order chi connectivity index (χ0) is 14.0. The van der Waals surface area contributed by atoms with Crippen LogP contribution in [-0.4, -0.2) is 18.5 Å². The van der Waals surface area contributed by atoms with Crippen molar-refractivity contribution in [1.29, 1.82) is 0 Å². The lowest BCUT2D eigenvalue weighted by molar-refractivity contribution is -0.148. The van der Waals surface area contributed by atoms with E-state index in [9.17, 15) is 9.59 Å². The van der Waals surface area contributed by atoms with Gasteiger partial charge < -0.3 is 10.1 Å². The van der Waals surface area contributed by atoms with E-state index in [1.807, 2.05) is 39.0 Å². The maximum atomic E-state index is 11.7. The fourth-order valence-corrected chi connectivity index (χ4v) is 1.95. The molecule has 1 aromatic carbocycles. The van der Waals surface area contributed by atoms with Gasteiger partial charge in [-0.2, -0.15) is 0 Å². The first-order chi connectivity index (χ1) is 8.97. The number of anilines is 1. The van der Waals surface area contributed by atoms with E-state index in [1.54, 1.807) is 0 Å². The highest BCUT2D eigenvalue weighted by Gasteiger charge is 2.40. The number of hydrogen-bond donors (Lipinski definition) is 1. The monoisotopic (exact) mass is 261 g/mol. The molecule has 4 heteroatoms. The zero-order valence-electron chi connectivity index (χ0n) is 11.5. The Hall–Kier alpha value is -1.84. The second-order valence-electron chi connectivity index (χ2n) is 5.29. The van der Waals surface area contributed by atoms with Gasteiger partial charge in [0, 0.05) is 5.69 Å². The summed E-state index contributed by atoms with van der Waals surface area (Å²) >= 11 is 0. The Morgan fingerprint density at radius 1 is 1.37 bits per heavy atom. The third-order valence-electron chi connectivity index (χ3n) is 3.42. The fourth-order valence-electron chi connectivity index (χ4n) is 1.95. The Bertz CT molecular complexity index is 510. The SMILES string of the molecule is Cc1ccc(C)c(NC(=O)COC(=O)[C@H]2C[C@H]2C)c1. The van der Waals surface area contributed by atoms with Gasteiger partial charge >= 0.3 is 5.97 Å². The van der Waals surface area contributed by atoms with Crippen LogP contribution >= 0.6 is 0 Å². The lowest BCUT2D eigenvalue weighted by Gasteiger charge is -2.09. The van der Waals surface area contributed by atoms with Crippen molar-refractivity contribution in [2.75, 3.05) is 11.9 Å². The van der Waals surface area contributed by atoms with Crippen LogP contribution in [0.15, 0.2) is 18.2 Å². The predicted molar refractivity (Wildman–Crippen MR) is 72.8 cm³/mol. The van der Waals surface area contributed by atoms with E-state index in [4.69, 9.17) is 4.74 Å². The minimum absolute atomic E-state index is 0.00601. The lowest BCUT2D eigenvalue weighted by Crippen LogP contribution is -2.22. The van der Waals surface area contributed by atoms with E-state index in [1.165, 1.54) is 0 Å². The van der Waals surface area contributed by atoms with E-state index in [-0.39, 0.29) is 24.4 Å². The number of carbonyl (C=O) groups is 2. The Morgan fingerprint density at radius 3 is 2.68 bits per heavy atom. The highest BCUT2D eigenvalue weighted by atomic mass is 16.5. The highest BCUT2D eigenvalue weighted by Crippen LogP contribution is 2.38. The van der Waals surface area contributed by atoms with Crippen molar-refractivity contribution in [1.82, 2.24) is 0 Å². The maximum Gasteiger partial charge on any atom is 0.309 e. The third-order valence-corrected chi connectivity index (χ3v) is 3.42. The second kappa shape index (κ2) is 5.43. The van der Waals surface area contributed by atoms with Crippen molar-refractivity contribution < 1.29 is 14.3 Å². The van der Waals surface area contributed by atoms with Crippen LogP contribution in [0.25, 0.3) is 0 Å². The highest BCUT2D eigenvalue weighted by molar-refractivity contribution is 5.93. The Morgan fingerprint density at radius 2 is 2.05 bits per heavy atom. The molecule has 1 saturated carbocycles. The van der Waals surface area contributed by atoms with Gasteiger partial charge in [0.05, 0.1) is 5.92 Å². The summed E-state index contributed by atoms with van der Waals surface area (Å²) in [5, 5.41) is 2.76. The molecule has 2 rings (SSSR count). The molecular weight excluding hydrogens is 242 g/mol. The molecule has 0 bridgehead atoms. The fraction of sp³-hybridized carbons (Fsp3) is 0.467. The van der Waals surface area contributed by atoms with Gasteiger partial charge in [-0.3, -0.25) is 9.59 Å². The van der Waals surface area contributed by atoms with E-state index < -0.39 is 0 Å². The zero-order valence-corrected chi connectivity index (χ0v) is 11.5. The van der Waals surface area contributed by atoms with Crippen LogP contribution in [0.5, 0.6) is 0 Å². The number of ether oxygens (including phenoxy) is 1. The van der Waals surface area contributed by atoms with Crippen LogP contribution < -0.4 is 5.32 Å².